The zero-order valence-corrected chi connectivity index (χ0v) is 11.1. The summed E-state index contributed by atoms with van der Waals surface area (Å²) in [6.45, 7) is 0. The van der Waals surface area contributed by atoms with Crippen molar-refractivity contribution >= 4 is 35.7 Å². The fourth-order valence-corrected chi connectivity index (χ4v) is 3.08. The number of hydrogen-bond donors (Lipinski definition) is 4. The maximum Gasteiger partial charge on any atom is 0.451 e. The Hall–Kier alpha value is 0.145. The van der Waals surface area contributed by atoms with Gasteiger partial charge in [0.05, 0.1) is 0 Å². The van der Waals surface area contributed by atoms with E-state index >= 15 is 0 Å². The highest BCUT2D eigenvalue weighted by Crippen LogP contribution is 2.38. The molecule has 5 N–H and O–H groups in total. The smallest absolute Gasteiger partial charge is 0.451 e. The van der Waals surface area contributed by atoms with Crippen molar-refractivity contribution in [1.82, 2.24) is 0 Å². The van der Waals surface area contributed by atoms with Crippen LogP contribution in [0.5, 0.6) is 0 Å². The third-order valence-corrected chi connectivity index (χ3v) is 4.98. The van der Waals surface area contributed by atoms with E-state index in [9.17, 15) is 4.79 Å². The largest absolute Gasteiger partial charge is 0.480 e. The molecule has 1 aliphatic carbocycles. The van der Waals surface area contributed by atoms with Crippen molar-refractivity contribution in [3.05, 3.63) is 0 Å². The molecule has 0 aliphatic heterocycles. The fraction of sp³-hybridized carbons (Fsp3) is 0.889. The molecule has 0 spiro atoms. The average molecular weight is 341 g/mol. The number of nitrogens with two attached hydrogens (primary N) is 1. The maximum atomic E-state index is 11.1. The van der Waals surface area contributed by atoms with Crippen molar-refractivity contribution in [3.8, 4) is 0 Å². The molecule has 1 aliphatic rings. The lowest BCUT2D eigenvalue weighted by Gasteiger charge is -2.38. The number of carboxylic acid groups (broad SMARTS) is 1. The summed E-state index contributed by atoms with van der Waals surface area (Å²) in [5, 5.41) is 26.7. The first-order valence-electron chi connectivity index (χ1n) is 5.38. The summed E-state index contributed by atoms with van der Waals surface area (Å²) in [6, 6.07) is 0. The number of alkyl halides is 1. The van der Waals surface area contributed by atoms with E-state index < -0.39 is 18.6 Å². The first kappa shape index (κ1) is 14.2. The van der Waals surface area contributed by atoms with Crippen molar-refractivity contribution in [2.24, 2.45) is 11.7 Å². The molecule has 0 bridgehead atoms. The molecule has 0 saturated heterocycles. The maximum absolute atomic E-state index is 11.1. The Balaban J connectivity index is 2.57. The van der Waals surface area contributed by atoms with Crippen LogP contribution >= 0.6 is 22.6 Å². The number of carbonyl (C=O) groups is 1. The summed E-state index contributed by atoms with van der Waals surface area (Å²) in [5.41, 5.74) is 4.75. The van der Waals surface area contributed by atoms with Gasteiger partial charge in [0.2, 0.25) is 0 Å². The highest BCUT2D eigenvalue weighted by molar-refractivity contribution is 14.1. The Morgan fingerprint density at radius 1 is 1.50 bits per heavy atom. The third-order valence-electron chi connectivity index (χ3n) is 3.25. The molecule has 3 atom stereocenters. The predicted molar refractivity (Wildman–Crippen MR) is 69.3 cm³/mol. The van der Waals surface area contributed by atoms with Gasteiger partial charge in [-0.25, -0.2) is 0 Å². The van der Waals surface area contributed by atoms with Gasteiger partial charge in [0.1, 0.15) is 5.54 Å². The molecule has 0 radical (unpaired) electrons. The summed E-state index contributed by atoms with van der Waals surface area (Å²) in [4.78, 5) is 11.1. The van der Waals surface area contributed by atoms with Crippen LogP contribution in [0.1, 0.15) is 25.7 Å². The van der Waals surface area contributed by atoms with Crippen LogP contribution in [0.3, 0.4) is 0 Å². The molecule has 0 aromatic heterocycles. The predicted octanol–water partition coefficient (Wildman–Crippen LogP) is 0.235. The van der Waals surface area contributed by atoms with Gasteiger partial charge in [0.25, 0.3) is 0 Å². The van der Waals surface area contributed by atoms with Crippen molar-refractivity contribution in [2.45, 2.75) is 41.5 Å². The standard InChI is InChI=1S/C9H17BINO4/c11-7-2-1-6(3-4-10(15)16)5-9(7,12)8(13)14/h6-7,15-16H,1-5,12H2,(H,13,14). The van der Waals surface area contributed by atoms with Crippen molar-refractivity contribution in [2.75, 3.05) is 0 Å². The van der Waals surface area contributed by atoms with Gasteiger partial charge in [0.15, 0.2) is 0 Å². The molecule has 1 rings (SSSR count). The lowest BCUT2D eigenvalue weighted by molar-refractivity contribution is -0.144. The lowest BCUT2D eigenvalue weighted by atomic mass is 9.71. The molecule has 1 saturated carbocycles. The Morgan fingerprint density at radius 3 is 2.62 bits per heavy atom. The summed E-state index contributed by atoms with van der Waals surface area (Å²) < 4.78 is -0.0575. The van der Waals surface area contributed by atoms with E-state index in [1.807, 2.05) is 0 Å². The third kappa shape index (κ3) is 3.32. The highest BCUT2D eigenvalue weighted by atomic mass is 127. The molecular weight excluding hydrogens is 324 g/mol. The second kappa shape index (κ2) is 5.66. The molecule has 0 aromatic rings. The number of carboxylic acids is 1. The monoisotopic (exact) mass is 341 g/mol. The van der Waals surface area contributed by atoms with Gasteiger partial charge in [-0.15, -0.1) is 0 Å². The molecule has 5 nitrogen and oxygen atoms in total. The van der Waals surface area contributed by atoms with E-state index in [4.69, 9.17) is 20.9 Å². The number of aliphatic carboxylic acids is 1. The Bertz CT molecular complexity index is 266. The van der Waals surface area contributed by atoms with Crippen LogP contribution in [-0.4, -0.2) is 37.7 Å². The van der Waals surface area contributed by atoms with Crippen LogP contribution in [0, 0.1) is 5.92 Å². The number of hydrogen-bond acceptors (Lipinski definition) is 4. The van der Waals surface area contributed by atoms with Crippen LogP contribution in [0.15, 0.2) is 0 Å². The van der Waals surface area contributed by atoms with Gasteiger partial charge in [-0.05, 0) is 31.5 Å². The topological polar surface area (TPSA) is 104 Å². The van der Waals surface area contributed by atoms with Gasteiger partial charge in [-0.1, -0.05) is 29.0 Å². The average Bonchev–Trinajstić information content (AvgIpc) is 2.19. The van der Waals surface area contributed by atoms with Crippen LogP contribution in [0.4, 0.5) is 0 Å². The Kier molecular flexibility index (Phi) is 5.02. The summed E-state index contributed by atoms with van der Waals surface area (Å²) in [5.74, 6) is -0.782. The SMILES string of the molecule is NC1(C(=O)O)CC(CCB(O)O)CCC1I. The summed E-state index contributed by atoms with van der Waals surface area (Å²) in [6.07, 6.45) is 3.00. The van der Waals surface area contributed by atoms with Gasteiger partial charge < -0.3 is 20.9 Å². The minimum Gasteiger partial charge on any atom is -0.480 e. The van der Waals surface area contributed by atoms with Crippen LogP contribution in [0.2, 0.25) is 6.32 Å². The van der Waals surface area contributed by atoms with Gasteiger partial charge in [0, 0.05) is 3.92 Å². The molecule has 3 unspecified atom stereocenters. The normalized spacial score (nSPS) is 34.8. The minimum atomic E-state index is -1.31. The second-order valence-electron chi connectivity index (χ2n) is 4.52. The molecule has 16 heavy (non-hydrogen) atoms. The van der Waals surface area contributed by atoms with Crippen LogP contribution in [0.25, 0.3) is 0 Å². The summed E-state index contributed by atoms with van der Waals surface area (Å²) in [7, 11) is -1.31. The number of halogens is 1. The molecule has 1 fully saturated rings. The van der Waals surface area contributed by atoms with Gasteiger partial charge in [-0.2, -0.15) is 0 Å². The zero-order valence-electron chi connectivity index (χ0n) is 8.97. The van der Waals surface area contributed by atoms with Crippen LogP contribution in [-0.2, 0) is 4.79 Å². The highest BCUT2D eigenvalue weighted by Gasteiger charge is 2.45. The van der Waals surface area contributed by atoms with E-state index in [0.717, 1.165) is 12.8 Å². The van der Waals surface area contributed by atoms with Crippen molar-refractivity contribution in [3.63, 3.8) is 0 Å². The van der Waals surface area contributed by atoms with Crippen molar-refractivity contribution in [1.29, 1.82) is 0 Å². The van der Waals surface area contributed by atoms with E-state index in [1.165, 1.54) is 0 Å². The first-order chi connectivity index (χ1) is 7.36. The fourth-order valence-electron chi connectivity index (χ4n) is 2.20. The molecular formula is C9H17BINO4. The minimum absolute atomic E-state index is 0.0575. The first-order valence-corrected chi connectivity index (χ1v) is 6.63. The van der Waals surface area contributed by atoms with E-state index in [1.54, 1.807) is 0 Å². The van der Waals surface area contributed by atoms with E-state index in [0.29, 0.717) is 12.8 Å². The summed E-state index contributed by atoms with van der Waals surface area (Å²) >= 11 is 2.10. The molecule has 7 heteroatoms. The van der Waals surface area contributed by atoms with E-state index in [-0.39, 0.29) is 16.2 Å². The van der Waals surface area contributed by atoms with E-state index in [2.05, 4.69) is 22.6 Å². The van der Waals surface area contributed by atoms with Crippen molar-refractivity contribution < 1.29 is 19.9 Å². The molecule has 0 heterocycles. The quantitative estimate of drug-likeness (QED) is 0.333. The van der Waals surface area contributed by atoms with Crippen LogP contribution < -0.4 is 5.73 Å². The zero-order chi connectivity index (χ0) is 12.3. The lowest BCUT2D eigenvalue weighted by Crippen LogP contribution is -2.58. The number of rotatable bonds is 4. The molecule has 92 valence electrons. The second-order valence-corrected chi connectivity index (χ2v) is 6.02. The Morgan fingerprint density at radius 2 is 2.12 bits per heavy atom. The molecule has 0 amide bonds. The van der Waals surface area contributed by atoms with Gasteiger partial charge >= 0.3 is 13.1 Å². The Labute approximate surface area is 109 Å². The van der Waals surface area contributed by atoms with Gasteiger partial charge in [-0.3, -0.25) is 4.79 Å². The molecule has 0 aromatic carbocycles.